The van der Waals surface area contributed by atoms with Crippen molar-refractivity contribution in [1.29, 1.82) is 0 Å². The molecule has 0 aliphatic carbocycles. The molecule has 0 saturated carbocycles. The molecular formula is C21H24N4O3. The van der Waals surface area contributed by atoms with Crippen LogP contribution in [0.4, 0.5) is 10.5 Å². The highest BCUT2D eigenvalue weighted by Crippen LogP contribution is 2.24. The minimum absolute atomic E-state index is 0.143. The molecule has 0 bridgehead atoms. The van der Waals surface area contributed by atoms with Crippen molar-refractivity contribution in [2.45, 2.75) is 45.2 Å². The Kier molecular flexibility index (Phi) is 6.03. The van der Waals surface area contributed by atoms with Gasteiger partial charge in [0.15, 0.2) is 0 Å². The van der Waals surface area contributed by atoms with Gasteiger partial charge in [-0.05, 0) is 42.2 Å². The van der Waals surface area contributed by atoms with Crippen molar-refractivity contribution in [3.63, 3.8) is 0 Å². The second-order valence-electron chi connectivity index (χ2n) is 7.06. The maximum absolute atomic E-state index is 12.6. The zero-order valence-corrected chi connectivity index (χ0v) is 16.0. The van der Waals surface area contributed by atoms with E-state index in [0.29, 0.717) is 18.2 Å². The molecule has 1 aromatic carbocycles. The number of pyridine rings is 1. The molecule has 7 nitrogen and oxygen atoms in total. The first-order valence-electron chi connectivity index (χ1n) is 9.36. The van der Waals surface area contributed by atoms with Crippen LogP contribution in [-0.4, -0.2) is 28.9 Å². The molecule has 1 fully saturated rings. The van der Waals surface area contributed by atoms with Gasteiger partial charge in [0, 0.05) is 12.6 Å². The van der Waals surface area contributed by atoms with Crippen molar-refractivity contribution in [2.24, 2.45) is 0 Å². The van der Waals surface area contributed by atoms with Crippen molar-refractivity contribution < 1.29 is 14.4 Å². The van der Waals surface area contributed by atoms with Crippen molar-refractivity contribution in [2.75, 3.05) is 4.90 Å². The normalized spacial score (nSPS) is 16.4. The Morgan fingerprint density at radius 2 is 1.93 bits per heavy atom. The lowest BCUT2D eigenvalue weighted by molar-refractivity contribution is -0.122. The van der Waals surface area contributed by atoms with Crippen LogP contribution in [0.2, 0.25) is 0 Å². The van der Waals surface area contributed by atoms with E-state index in [0.717, 1.165) is 16.2 Å². The van der Waals surface area contributed by atoms with Gasteiger partial charge in [0.2, 0.25) is 5.91 Å². The standard InChI is InChI=1S/C21H24N4O3/c1-14(2)15-6-8-17(9-7-15)25-20(27)18(24-21(25)28)10-11-19(26)23-13-16-5-3-4-12-22-16/h3-9,12,14,18H,10-11,13H2,1-2H3,(H,23,26)(H,24,28)/t18-/m1/s1. The summed E-state index contributed by atoms with van der Waals surface area (Å²) in [5, 5.41) is 5.43. The molecule has 1 atom stereocenters. The molecule has 1 aliphatic heterocycles. The Bertz CT molecular complexity index is 850. The summed E-state index contributed by atoms with van der Waals surface area (Å²) in [5.41, 5.74) is 2.43. The third-order valence-electron chi connectivity index (χ3n) is 4.69. The average Bonchev–Trinajstić information content (AvgIpc) is 2.99. The van der Waals surface area contributed by atoms with Gasteiger partial charge in [-0.15, -0.1) is 0 Å². The SMILES string of the molecule is CC(C)c1ccc(N2C(=O)N[C@H](CCC(=O)NCc3ccccn3)C2=O)cc1. The van der Waals surface area contributed by atoms with Crippen LogP contribution in [0.5, 0.6) is 0 Å². The van der Waals surface area contributed by atoms with Gasteiger partial charge >= 0.3 is 6.03 Å². The Balaban J connectivity index is 1.54. The van der Waals surface area contributed by atoms with E-state index < -0.39 is 12.1 Å². The number of nitrogens with zero attached hydrogens (tertiary/aromatic N) is 2. The van der Waals surface area contributed by atoms with Crippen LogP contribution in [0, 0.1) is 0 Å². The largest absolute Gasteiger partial charge is 0.350 e. The predicted molar refractivity (Wildman–Crippen MR) is 106 cm³/mol. The highest BCUT2D eigenvalue weighted by molar-refractivity contribution is 6.21. The fourth-order valence-electron chi connectivity index (χ4n) is 3.04. The molecular weight excluding hydrogens is 356 g/mol. The summed E-state index contributed by atoms with van der Waals surface area (Å²) in [6.45, 7) is 4.49. The number of hydrogen-bond acceptors (Lipinski definition) is 4. The van der Waals surface area contributed by atoms with Crippen LogP contribution >= 0.6 is 0 Å². The van der Waals surface area contributed by atoms with Gasteiger partial charge in [-0.25, -0.2) is 9.69 Å². The summed E-state index contributed by atoms with van der Waals surface area (Å²) in [6, 6.07) is 11.7. The molecule has 0 radical (unpaired) electrons. The molecule has 7 heteroatoms. The van der Waals surface area contributed by atoms with E-state index in [4.69, 9.17) is 0 Å². The number of amides is 4. The quantitative estimate of drug-likeness (QED) is 0.723. The molecule has 0 unspecified atom stereocenters. The molecule has 1 aromatic heterocycles. The Labute approximate surface area is 164 Å². The lowest BCUT2D eigenvalue weighted by Gasteiger charge is -2.14. The second kappa shape index (κ2) is 8.65. The first-order chi connectivity index (χ1) is 13.5. The molecule has 1 saturated heterocycles. The number of aromatic nitrogens is 1. The average molecular weight is 380 g/mol. The van der Waals surface area contributed by atoms with Gasteiger partial charge in [-0.3, -0.25) is 14.6 Å². The number of carbonyl (C=O) groups is 3. The summed E-state index contributed by atoms with van der Waals surface area (Å²) in [7, 11) is 0. The van der Waals surface area contributed by atoms with Crippen molar-refractivity contribution in [1.82, 2.24) is 15.6 Å². The van der Waals surface area contributed by atoms with Gasteiger partial charge in [-0.1, -0.05) is 32.0 Å². The van der Waals surface area contributed by atoms with Gasteiger partial charge in [-0.2, -0.15) is 0 Å². The molecule has 2 heterocycles. The van der Waals surface area contributed by atoms with Crippen LogP contribution in [0.3, 0.4) is 0 Å². The first-order valence-corrected chi connectivity index (χ1v) is 9.36. The molecule has 4 amide bonds. The zero-order chi connectivity index (χ0) is 20.1. The summed E-state index contributed by atoms with van der Waals surface area (Å²) in [6.07, 6.45) is 2.05. The minimum atomic E-state index is -0.696. The number of carbonyl (C=O) groups excluding carboxylic acids is 3. The second-order valence-corrected chi connectivity index (χ2v) is 7.06. The highest BCUT2D eigenvalue weighted by Gasteiger charge is 2.38. The van der Waals surface area contributed by atoms with E-state index in [1.807, 2.05) is 30.3 Å². The van der Waals surface area contributed by atoms with E-state index in [1.54, 1.807) is 18.3 Å². The summed E-state index contributed by atoms with van der Waals surface area (Å²) in [5.74, 6) is -0.151. The lowest BCUT2D eigenvalue weighted by Crippen LogP contribution is -2.32. The fourth-order valence-corrected chi connectivity index (χ4v) is 3.04. The molecule has 1 aliphatic rings. The summed E-state index contributed by atoms with van der Waals surface area (Å²) in [4.78, 5) is 42.2. The van der Waals surface area contributed by atoms with Crippen LogP contribution in [0.25, 0.3) is 0 Å². The number of nitrogens with one attached hydrogen (secondary N) is 2. The molecule has 28 heavy (non-hydrogen) atoms. The van der Waals surface area contributed by atoms with E-state index >= 15 is 0 Å². The highest BCUT2D eigenvalue weighted by atomic mass is 16.2. The van der Waals surface area contributed by atoms with E-state index in [2.05, 4.69) is 29.5 Å². The van der Waals surface area contributed by atoms with Crippen molar-refractivity contribution in [3.8, 4) is 0 Å². The lowest BCUT2D eigenvalue weighted by atomic mass is 10.0. The van der Waals surface area contributed by atoms with Crippen LogP contribution in [-0.2, 0) is 16.1 Å². The third-order valence-corrected chi connectivity index (χ3v) is 4.69. The molecule has 0 spiro atoms. The maximum atomic E-state index is 12.6. The molecule has 146 valence electrons. The number of anilines is 1. The van der Waals surface area contributed by atoms with E-state index in [9.17, 15) is 14.4 Å². The van der Waals surface area contributed by atoms with E-state index in [1.165, 1.54) is 0 Å². The monoisotopic (exact) mass is 380 g/mol. The zero-order valence-electron chi connectivity index (χ0n) is 16.0. The molecule has 2 aromatic rings. The smallest absolute Gasteiger partial charge is 0.329 e. The molecule has 3 rings (SSSR count). The number of hydrogen-bond donors (Lipinski definition) is 2. The van der Waals surface area contributed by atoms with Crippen LogP contribution in [0.1, 0.15) is 43.9 Å². The number of urea groups is 1. The topological polar surface area (TPSA) is 91.4 Å². The Morgan fingerprint density at radius 3 is 2.57 bits per heavy atom. The molecule has 2 N–H and O–H groups in total. The van der Waals surface area contributed by atoms with Gasteiger partial charge in [0.25, 0.3) is 5.91 Å². The first kappa shape index (κ1) is 19.5. The van der Waals surface area contributed by atoms with Gasteiger partial charge < -0.3 is 10.6 Å². The number of benzene rings is 1. The predicted octanol–water partition coefficient (Wildman–Crippen LogP) is 2.73. The minimum Gasteiger partial charge on any atom is -0.350 e. The number of imide groups is 1. The van der Waals surface area contributed by atoms with Gasteiger partial charge in [0.1, 0.15) is 6.04 Å². The van der Waals surface area contributed by atoms with E-state index in [-0.39, 0.29) is 24.7 Å². The fraction of sp³-hybridized carbons (Fsp3) is 0.333. The summed E-state index contributed by atoms with van der Waals surface area (Å²) < 4.78 is 0. The van der Waals surface area contributed by atoms with Crippen molar-refractivity contribution >= 4 is 23.5 Å². The Hall–Kier alpha value is -3.22. The number of rotatable bonds is 7. The summed E-state index contributed by atoms with van der Waals surface area (Å²) >= 11 is 0. The third kappa shape index (κ3) is 4.54. The van der Waals surface area contributed by atoms with Crippen LogP contribution in [0.15, 0.2) is 48.7 Å². The van der Waals surface area contributed by atoms with Crippen molar-refractivity contribution in [3.05, 3.63) is 59.9 Å². The maximum Gasteiger partial charge on any atom is 0.329 e. The van der Waals surface area contributed by atoms with Crippen LogP contribution < -0.4 is 15.5 Å². The van der Waals surface area contributed by atoms with Gasteiger partial charge in [0.05, 0.1) is 17.9 Å². The Morgan fingerprint density at radius 1 is 1.18 bits per heavy atom.